The third-order valence-electron chi connectivity index (χ3n) is 3.32. The van der Waals surface area contributed by atoms with Crippen LogP contribution in [0, 0.1) is 0 Å². The Balaban J connectivity index is 1.90. The van der Waals surface area contributed by atoms with Crippen molar-refractivity contribution in [3.8, 4) is 0 Å². The first-order chi connectivity index (χ1) is 9.70. The molecule has 0 saturated carbocycles. The van der Waals surface area contributed by atoms with Crippen molar-refractivity contribution in [3.63, 3.8) is 0 Å². The fraction of sp³-hybridized carbons (Fsp3) is 0.714. The first-order valence-electron chi connectivity index (χ1n) is 7.15. The van der Waals surface area contributed by atoms with Crippen LogP contribution in [0.1, 0.15) is 32.4 Å². The quantitative estimate of drug-likeness (QED) is 0.723. The summed E-state index contributed by atoms with van der Waals surface area (Å²) in [5.41, 5.74) is 2.42. The van der Waals surface area contributed by atoms with Crippen LogP contribution < -0.4 is 0 Å². The van der Waals surface area contributed by atoms with Crippen molar-refractivity contribution >= 4 is 29.1 Å². The summed E-state index contributed by atoms with van der Waals surface area (Å²) in [6.45, 7) is 7.07. The van der Waals surface area contributed by atoms with Gasteiger partial charge in [-0.05, 0) is 39.3 Å². The summed E-state index contributed by atoms with van der Waals surface area (Å²) in [4.78, 5) is 2.33. The van der Waals surface area contributed by atoms with Gasteiger partial charge >= 0.3 is 0 Å². The van der Waals surface area contributed by atoms with Crippen LogP contribution in [-0.2, 0) is 4.74 Å². The lowest BCUT2D eigenvalue weighted by atomic mass is 10.1. The van der Waals surface area contributed by atoms with E-state index in [1.54, 1.807) is 11.8 Å². The van der Waals surface area contributed by atoms with Gasteiger partial charge in [0, 0.05) is 25.4 Å². The van der Waals surface area contributed by atoms with Crippen molar-refractivity contribution < 1.29 is 4.74 Å². The summed E-state index contributed by atoms with van der Waals surface area (Å²) >= 11 is 3.12. The van der Waals surface area contributed by atoms with Crippen LogP contribution >= 0.6 is 23.5 Å². The molecule has 1 unspecified atom stereocenters. The van der Waals surface area contributed by atoms with Crippen LogP contribution in [0.5, 0.6) is 0 Å². The van der Waals surface area contributed by atoms with E-state index in [0.29, 0.717) is 6.10 Å². The van der Waals surface area contributed by atoms with Crippen LogP contribution in [0.2, 0.25) is 0 Å². The molecule has 1 aliphatic heterocycles. The minimum atomic E-state index is 0.322. The average Bonchev–Trinajstić information content (AvgIpc) is 2.87. The Hall–Kier alpha value is -0.430. The highest BCUT2D eigenvalue weighted by Crippen LogP contribution is 2.29. The number of ether oxygens (including phenoxy) is 1. The zero-order chi connectivity index (χ0) is 14.4. The van der Waals surface area contributed by atoms with Crippen molar-refractivity contribution in [2.45, 2.75) is 37.8 Å². The average molecular weight is 313 g/mol. The van der Waals surface area contributed by atoms with Gasteiger partial charge in [0.1, 0.15) is 10.7 Å². The zero-order valence-corrected chi connectivity index (χ0v) is 14.1. The first-order valence-corrected chi connectivity index (χ1v) is 8.87. The Labute approximate surface area is 129 Å². The lowest BCUT2D eigenvalue weighted by Crippen LogP contribution is -2.25. The molecule has 20 heavy (non-hydrogen) atoms. The predicted molar refractivity (Wildman–Crippen MR) is 86.4 cm³/mol. The molecule has 0 aliphatic carbocycles. The highest BCUT2D eigenvalue weighted by Gasteiger charge is 2.17. The Kier molecular flexibility index (Phi) is 6.48. The smallest absolute Gasteiger partial charge is 0.138 e. The van der Waals surface area contributed by atoms with Crippen molar-refractivity contribution in [2.75, 3.05) is 32.5 Å². The van der Waals surface area contributed by atoms with E-state index in [-0.39, 0.29) is 0 Å². The molecule has 2 heterocycles. The number of thioether (sulfide) groups is 1. The SMILES string of the molecule is CCOC(C)CCSc1nsnc1C1=CCCN(C)C1. The van der Waals surface area contributed by atoms with Gasteiger partial charge in [0.2, 0.25) is 0 Å². The maximum absolute atomic E-state index is 5.56. The number of hydrogen-bond acceptors (Lipinski definition) is 6. The van der Waals surface area contributed by atoms with Gasteiger partial charge in [-0.25, -0.2) is 0 Å². The highest BCUT2D eigenvalue weighted by atomic mass is 32.2. The molecule has 1 aromatic rings. The van der Waals surface area contributed by atoms with Gasteiger partial charge in [-0.1, -0.05) is 6.08 Å². The van der Waals surface area contributed by atoms with Crippen LogP contribution in [-0.4, -0.2) is 52.2 Å². The molecule has 1 aliphatic rings. The molecule has 2 rings (SSSR count). The number of aromatic nitrogens is 2. The normalized spacial score (nSPS) is 18.1. The summed E-state index contributed by atoms with van der Waals surface area (Å²) in [7, 11) is 2.16. The maximum Gasteiger partial charge on any atom is 0.138 e. The van der Waals surface area contributed by atoms with Gasteiger partial charge in [0.15, 0.2) is 0 Å². The highest BCUT2D eigenvalue weighted by molar-refractivity contribution is 7.99. The molecule has 1 atom stereocenters. The summed E-state index contributed by atoms with van der Waals surface area (Å²) in [6, 6.07) is 0. The number of likely N-dealkylation sites (N-methyl/N-ethyl adjacent to an activating group) is 1. The number of rotatable bonds is 7. The first kappa shape index (κ1) is 15.9. The molecular formula is C14H23N3OS2. The summed E-state index contributed by atoms with van der Waals surface area (Å²) in [6.07, 6.45) is 4.79. The predicted octanol–water partition coefficient (Wildman–Crippen LogP) is 3.16. The van der Waals surface area contributed by atoms with Crippen LogP contribution in [0.4, 0.5) is 0 Å². The van der Waals surface area contributed by atoms with Gasteiger partial charge in [-0.3, -0.25) is 0 Å². The Morgan fingerprint density at radius 1 is 1.50 bits per heavy atom. The van der Waals surface area contributed by atoms with Crippen molar-refractivity contribution in [3.05, 3.63) is 11.8 Å². The lowest BCUT2D eigenvalue weighted by molar-refractivity contribution is 0.0747. The van der Waals surface area contributed by atoms with Gasteiger partial charge < -0.3 is 9.64 Å². The topological polar surface area (TPSA) is 38.3 Å². The fourth-order valence-electron chi connectivity index (χ4n) is 2.23. The van der Waals surface area contributed by atoms with E-state index < -0.39 is 0 Å². The van der Waals surface area contributed by atoms with Gasteiger partial charge in [-0.15, -0.1) is 11.8 Å². The van der Waals surface area contributed by atoms with Crippen LogP contribution in [0.15, 0.2) is 11.1 Å². The van der Waals surface area contributed by atoms with Gasteiger partial charge in [-0.2, -0.15) is 8.75 Å². The second kappa shape index (κ2) is 8.12. The molecule has 6 heteroatoms. The third kappa shape index (κ3) is 4.55. The summed E-state index contributed by atoms with van der Waals surface area (Å²) in [5.74, 6) is 1.03. The fourth-order valence-corrected chi connectivity index (χ4v) is 4.04. The lowest BCUT2D eigenvalue weighted by Gasteiger charge is -2.22. The molecule has 0 radical (unpaired) electrons. The minimum absolute atomic E-state index is 0.322. The van der Waals surface area contributed by atoms with Crippen molar-refractivity contribution in [1.82, 2.24) is 13.6 Å². The van der Waals surface area contributed by atoms with Crippen LogP contribution in [0.25, 0.3) is 5.57 Å². The molecule has 112 valence electrons. The zero-order valence-electron chi connectivity index (χ0n) is 12.5. The molecule has 0 aromatic carbocycles. The monoisotopic (exact) mass is 313 g/mol. The van der Waals surface area contributed by atoms with Crippen LogP contribution in [0.3, 0.4) is 0 Å². The molecule has 0 saturated heterocycles. The van der Waals surface area contributed by atoms with Crippen molar-refractivity contribution in [1.29, 1.82) is 0 Å². The molecule has 0 N–H and O–H groups in total. The molecule has 0 spiro atoms. The maximum atomic E-state index is 5.56. The van der Waals surface area contributed by atoms with Gasteiger partial charge in [0.05, 0.1) is 17.8 Å². The minimum Gasteiger partial charge on any atom is -0.379 e. The molecule has 1 aromatic heterocycles. The second-order valence-corrected chi connectivity index (χ2v) is 6.69. The standard InChI is InChI=1S/C14H23N3OS2/c1-4-18-11(2)7-9-19-14-13(15-20-16-14)12-6-5-8-17(3)10-12/h6,11H,4-5,7-10H2,1-3H3. The largest absolute Gasteiger partial charge is 0.379 e. The third-order valence-corrected chi connectivity index (χ3v) is 4.96. The Morgan fingerprint density at radius 3 is 3.10 bits per heavy atom. The molecule has 0 fully saturated rings. The van der Waals surface area contributed by atoms with Gasteiger partial charge in [0.25, 0.3) is 0 Å². The van der Waals surface area contributed by atoms with E-state index in [9.17, 15) is 0 Å². The Bertz CT molecular complexity index is 447. The van der Waals surface area contributed by atoms with E-state index in [0.717, 1.165) is 49.0 Å². The molecule has 0 bridgehead atoms. The van der Waals surface area contributed by atoms with Crippen molar-refractivity contribution in [2.24, 2.45) is 0 Å². The Morgan fingerprint density at radius 2 is 2.35 bits per heavy atom. The van der Waals surface area contributed by atoms with E-state index >= 15 is 0 Å². The number of hydrogen-bond donors (Lipinski definition) is 0. The summed E-state index contributed by atoms with van der Waals surface area (Å²) < 4.78 is 14.5. The molecule has 4 nitrogen and oxygen atoms in total. The summed E-state index contributed by atoms with van der Waals surface area (Å²) in [5, 5.41) is 1.08. The van der Waals surface area contributed by atoms with E-state index in [1.807, 2.05) is 6.92 Å². The molecular weight excluding hydrogens is 290 g/mol. The second-order valence-electron chi connectivity index (χ2n) is 5.08. The van der Waals surface area contributed by atoms with E-state index in [1.165, 1.54) is 17.3 Å². The molecule has 0 amide bonds. The van der Waals surface area contributed by atoms with E-state index in [2.05, 4.69) is 33.7 Å². The number of nitrogens with zero attached hydrogens (tertiary/aromatic N) is 3. The van der Waals surface area contributed by atoms with E-state index in [4.69, 9.17) is 4.74 Å².